The summed E-state index contributed by atoms with van der Waals surface area (Å²) in [7, 11) is 9.28. The van der Waals surface area contributed by atoms with Crippen LogP contribution in [0, 0.1) is 0 Å². The van der Waals surface area contributed by atoms with Gasteiger partial charge in [-0.1, -0.05) is 0 Å². The van der Waals surface area contributed by atoms with Crippen LogP contribution in [-0.2, 0) is 38.7 Å². The van der Waals surface area contributed by atoms with Crippen molar-refractivity contribution in [2.45, 2.75) is 26.3 Å². The quantitative estimate of drug-likeness (QED) is 0.644. The molecule has 0 bridgehead atoms. The molecule has 0 saturated heterocycles. The van der Waals surface area contributed by atoms with Crippen molar-refractivity contribution >= 4 is 18.6 Å². The summed E-state index contributed by atoms with van der Waals surface area (Å²) < 4.78 is 0. The van der Waals surface area contributed by atoms with E-state index < -0.39 is 0 Å². The van der Waals surface area contributed by atoms with Gasteiger partial charge in [0.05, 0.1) is 0 Å². The second-order valence-electron chi connectivity index (χ2n) is 2.37. The Bertz CT molecular complexity index is 32.0. The topological polar surface area (TPSA) is 26.0 Å². The van der Waals surface area contributed by atoms with E-state index in [9.17, 15) is 0 Å². The van der Waals surface area contributed by atoms with E-state index >= 15 is 0 Å². The molecular weight excluding hydrogens is 229 g/mol. The van der Waals surface area contributed by atoms with E-state index in [2.05, 4.69) is 18.6 Å². The summed E-state index contributed by atoms with van der Waals surface area (Å²) in [6.45, 7) is 5.90. The Labute approximate surface area is 88.6 Å². The first-order valence-electron chi connectivity index (χ1n) is 2.17. The summed E-state index contributed by atoms with van der Waals surface area (Å²) in [5, 5.41) is 0. The molecule has 2 N–H and O–H groups in total. The van der Waals surface area contributed by atoms with Gasteiger partial charge in [-0.05, 0) is 20.8 Å². The van der Waals surface area contributed by atoms with E-state index in [4.69, 9.17) is 5.73 Å². The van der Waals surface area contributed by atoms with E-state index in [1.807, 2.05) is 20.8 Å². The van der Waals surface area contributed by atoms with Crippen molar-refractivity contribution in [3.05, 3.63) is 0 Å². The van der Waals surface area contributed by atoms with Crippen LogP contribution in [-0.4, -0.2) is 5.54 Å². The zero-order valence-corrected chi connectivity index (χ0v) is 10.5. The first kappa shape index (κ1) is 17.2. The fourth-order valence-electron chi connectivity index (χ4n) is 0. The second-order valence-corrected chi connectivity index (χ2v) is 2.37. The SMILES string of the molecule is CC(C)(C)N.[Cl][Ti].[Cl][Ti]. The van der Waals surface area contributed by atoms with Crippen LogP contribution in [0.1, 0.15) is 20.8 Å². The molecular formula is C4H11Cl2NTi2. The van der Waals surface area contributed by atoms with E-state index in [0.717, 1.165) is 0 Å². The molecule has 0 atom stereocenters. The van der Waals surface area contributed by atoms with Gasteiger partial charge in [-0.2, -0.15) is 0 Å². The Balaban J connectivity index is -0.0000000771. The summed E-state index contributed by atoms with van der Waals surface area (Å²) in [5.41, 5.74) is 5.35. The van der Waals surface area contributed by atoms with Gasteiger partial charge in [0.1, 0.15) is 0 Å². The summed E-state index contributed by atoms with van der Waals surface area (Å²) in [5.74, 6) is 0. The van der Waals surface area contributed by atoms with Gasteiger partial charge in [0.25, 0.3) is 0 Å². The van der Waals surface area contributed by atoms with Crippen LogP contribution in [0.5, 0.6) is 0 Å². The summed E-state index contributed by atoms with van der Waals surface area (Å²) >= 11 is 2.94. The molecule has 0 radical (unpaired) electrons. The minimum atomic E-state index is 0. The average Bonchev–Trinajstić information content (AvgIpc) is 1.72. The molecule has 0 amide bonds. The van der Waals surface area contributed by atoms with Gasteiger partial charge < -0.3 is 5.73 Å². The third-order valence-electron chi connectivity index (χ3n) is 0. The molecule has 0 aliphatic heterocycles. The Morgan fingerprint density at radius 3 is 1.00 bits per heavy atom. The number of hydrogen-bond donors (Lipinski definition) is 1. The monoisotopic (exact) mass is 239 g/mol. The van der Waals surface area contributed by atoms with Crippen LogP contribution < -0.4 is 5.73 Å². The zero-order chi connectivity index (χ0) is 8.50. The van der Waals surface area contributed by atoms with Crippen molar-refractivity contribution in [2.24, 2.45) is 5.73 Å². The molecule has 0 heterocycles. The standard InChI is InChI=1S/C4H11N.2ClH.2Ti/c1-4(2,3)5;;;;/h5H2,1-3H3;2*1H;;/q;;;2*+1/p-2. The average molecular weight is 240 g/mol. The maximum absolute atomic E-state index is 5.35. The molecule has 0 aliphatic carbocycles. The van der Waals surface area contributed by atoms with E-state index in [1.165, 1.54) is 38.7 Å². The van der Waals surface area contributed by atoms with E-state index in [-0.39, 0.29) is 5.54 Å². The molecule has 0 aromatic carbocycles. The minimum absolute atomic E-state index is 0. The van der Waals surface area contributed by atoms with E-state index in [0.29, 0.717) is 0 Å². The molecule has 0 rings (SSSR count). The molecule has 5 heteroatoms. The Hall–Kier alpha value is 1.97. The molecule has 0 aromatic heterocycles. The Morgan fingerprint density at radius 2 is 1.00 bits per heavy atom. The number of rotatable bonds is 0. The second kappa shape index (κ2) is 12.6. The van der Waals surface area contributed by atoms with Crippen LogP contribution >= 0.6 is 18.6 Å². The number of nitrogens with two attached hydrogens (primary N) is 1. The van der Waals surface area contributed by atoms with Crippen molar-refractivity contribution in [3.63, 3.8) is 0 Å². The Morgan fingerprint density at radius 1 is 1.00 bits per heavy atom. The molecule has 0 saturated carbocycles. The van der Waals surface area contributed by atoms with Crippen LogP contribution in [0.2, 0.25) is 0 Å². The van der Waals surface area contributed by atoms with Gasteiger partial charge in [0.15, 0.2) is 0 Å². The predicted octanol–water partition coefficient (Wildman–Crippen LogP) is 2.12. The van der Waals surface area contributed by atoms with Crippen molar-refractivity contribution in [3.8, 4) is 0 Å². The molecule has 0 unspecified atom stereocenters. The molecule has 0 aromatic rings. The van der Waals surface area contributed by atoms with Crippen LogP contribution in [0.4, 0.5) is 0 Å². The molecule has 54 valence electrons. The maximum atomic E-state index is 5.35. The Kier molecular flexibility index (Phi) is 24.1. The zero-order valence-electron chi connectivity index (χ0n) is 5.83. The fourth-order valence-corrected chi connectivity index (χ4v) is 0. The van der Waals surface area contributed by atoms with Crippen molar-refractivity contribution in [1.29, 1.82) is 0 Å². The normalized spacial score (nSPS) is 7.56. The van der Waals surface area contributed by atoms with Gasteiger partial charge in [-0.15, -0.1) is 0 Å². The summed E-state index contributed by atoms with van der Waals surface area (Å²) in [6.07, 6.45) is 0. The van der Waals surface area contributed by atoms with Gasteiger partial charge in [0, 0.05) is 5.54 Å². The van der Waals surface area contributed by atoms with Crippen molar-refractivity contribution in [1.82, 2.24) is 0 Å². The van der Waals surface area contributed by atoms with E-state index in [1.54, 1.807) is 0 Å². The third kappa shape index (κ3) is 163. The summed E-state index contributed by atoms with van der Waals surface area (Å²) in [4.78, 5) is 0. The predicted molar refractivity (Wildman–Crippen MR) is 35.6 cm³/mol. The fraction of sp³-hybridized carbons (Fsp3) is 1.00. The molecule has 0 fully saturated rings. The van der Waals surface area contributed by atoms with Crippen LogP contribution in [0.25, 0.3) is 0 Å². The number of hydrogen-bond acceptors (Lipinski definition) is 1. The first-order valence-corrected chi connectivity index (χ1v) is 6.46. The molecule has 9 heavy (non-hydrogen) atoms. The molecule has 0 aliphatic rings. The number of halogens is 2. The summed E-state index contributed by atoms with van der Waals surface area (Å²) in [6, 6.07) is 0. The van der Waals surface area contributed by atoms with Gasteiger partial charge in [-0.25, -0.2) is 0 Å². The van der Waals surface area contributed by atoms with Gasteiger partial charge in [-0.3, -0.25) is 0 Å². The van der Waals surface area contributed by atoms with Crippen LogP contribution in [0.3, 0.4) is 0 Å². The van der Waals surface area contributed by atoms with Gasteiger partial charge in [0.2, 0.25) is 0 Å². The molecule has 1 nitrogen and oxygen atoms in total. The van der Waals surface area contributed by atoms with Crippen molar-refractivity contribution in [2.75, 3.05) is 0 Å². The van der Waals surface area contributed by atoms with Crippen LogP contribution in [0.15, 0.2) is 0 Å². The van der Waals surface area contributed by atoms with Crippen molar-refractivity contribution < 1.29 is 38.7 Å². The van der Waals surface area contributed by atoms with Gasteiger partial charge >= 0.3 is 57.4 Å². The molecule has 0 spiro atoms. The first-order chi connectivity index (χ1) is 4.00. The third-order valence-corrected chi connectivity index (χ3v) is 0.